The number of carbonyl (C=O) groups is 1. The van der Waals surface area contributed by atoms with Crippen molar-refractivity contribution in [3.05, 3.63) is 0 Å². The van der Waals surface area contributed by atoms with Gasteiger partial charge in [-0.3, -0.25) is 9.69 Å². The van der Waals surface area contributed by atoms with Crippen molar-refractivity contribution in [1.82, 2.24) is 9.80 Å². The van der Waals surface area contributed by atoms with Gasteiger partial charge in [-0.2, -0.15) is 0 Å². The summed E-state index contributed by atoms with van der Waals surface area (Å²) in [6, 6.07) is 0.246. The molecule has 0 aromatic heterocycles. The monoisotopic (exact) mass is 307 g/mol. The molecule has 2 aliphatic carbocycles. The standard InChI is InChI=1S/C18H33N3O/c19-17-8-4-7-16(13-17)18(22)21-11-9-20(10-12-21)14-15-5-2-1-3-6-15/h15-17H,1-14,19H2. The molecule has 1 aliphatic heterocycles. The fourth-order valence-electron chi connectivity index (χ4n) is 4.60. The number of carbonyl (C=O) groups excluding carboxylic acids is 1. The van der Waals surface area contributed by atoms with Crippen molar-refractivity contribution < 1.29 is 4.79 Å². The van der Waals surface area contributed by atoms with Crippen LogP contribution in [0.25, 0.3) is 0 Å². The van der Waals surface area contributed by atoms with Crippen LogP contribution in [0, 0.1) is 11.8 Å². The summed E-state index contributed by atoms with van der Waals surface area (Å²) in [4.78, 5) is 17.3. The molecule has 3 aliphatic rings. The van der Waals surface area contributed by atoms with Gasteiger partial charge in [0.2, 0.25) is 5.91 Å². The van der Waals surface area contributed by atoms with E-state index >= 15 is 0 Å². The van der Waals surface area contributed by atoms with Gasteiger partial charge in [-0.25, -0.2) is 0 Å². The molecule has 0 spiro atoms. The van der Waals surface area contributed by atoms with Gasteiger partial charge >= 0.3 is 0 Å². The van der Waals surface area contributed by atoms with Crippen molar-refractivity contribution in [3.8, 4) is 0 Å². The zero-order valence-corrected chi connectivity index (χ0v) is 14.0. The van der Waals surface area contributed by atoms with Gasteiger partial charge in [-0.05, 0) is 38.0 Å². The summed E-state index contributed by atoms with van der Waals surface area (Å²) in [5.74, 6) is 1.49. The Kier molecular flexibility index (Phi) is 5.75. The van der Waals surface area contributed by atoms with Crippen molar-refractivity contribution in [2.45, 2.75) is 63.8 Å². The maximum atomic E-state index is 12.6. The highest BCUT2D eigenvalue weighted by molar-refractivity contribution is 5.79. The van der Waals surface area contributed by atoms with E-state index in [0.29, 0.717) is 5.91 Å². The Labute approximate surface area is 135 Å². The van der Waals surface area contributed by atoms with Crippen LogP contribution in [0.1, 0.15) is 57.8 Å². The van der Waals surface area contributed by atoms with Crippen LogP contribution in [0.2, 0.25) is 0 Å². The molecule has 0 bridgehead atoms. The average Bonchev–Trinajstić information content (AvgIpc) is 2.56. The molecule has 3 rings (SSSR count). The molecule has 0 radical (unpaired) electrons. The van der Waals surface area contributed by atoms with Crippen molar-refractivity contribution in [1.29, 1.82) is 0 Å². The second-order valence-corrected chi connectivity index (χ2v) is 7.75. The van der Waals surface area contributed by atoms with E-state index < -0.39 is 0 Å². The summed E-state index contributed by atoms with van der Waals surface area (Å²) in [5, 5.41) is 0. The molecule has 1 amide bonds. The minimum Gasteiger partial charge on any atom is -0.340 e. The topological polar surface area (TPSA) is 49.6 Å². The SMILES string of the molecule is NC1CCCC(C(=O)N2CCN(CC3CCCCC3)CC2)C1. The summed E-state index contributed by atoms with van der Waals surface area (Å²) in [6.45, 7) is 5.26. The lowest BCUT2D eigenvalue weighted by molar-refractivity contribution is -0.138. The maximum absolute atomic E-state index is 12.6. The maximum Gasteiger partial charge on any atom is 0.225 e. The van der Waals surface area contributed by atoms with Crippen LogP contribution in [0.4, 0.5) is 0 Å². The molecule has 126 valence electrons. The Morgan fingerprint density at radius 3 is 2.32 bits per heavy atom. The highest BCUT2D eigenvalue weighted by atomic mass is 16.2. The lowest BCUT2D eigenvalue weighted by atomic mass is 9.85. The average molecular weight is 307 g/mol. The van der Waals surface area contributed by atoms with Crippen molar-refractivity contribution in [2.24, 2.45) is 17.6 Å². The minimum absolute atomic E-state index is 0.202. The molecule has 1 saturated heterocycles. The third-order valence-corrected chi connectivity index (χ3v) is 5.99. The van der Waals surface area contributed by atoms with Gasteiger partial charge in [0.05, 0.1) is 0 Å². The van der Waals surface area contributed by atoms with Crippen LogP contribution in [-0.4, -0.2) is 54.5 Å². The molecule has 4 nitrogen and oxygen atoms in total. The number of amides is 1. The number of piperazine rings is 1. The first-order valence-electron chi connectivity index (χ1n) is 9.49. The lowest BCUT2D eigenvalue weighted by Crippen LogP contribution is -2.52. The zero-order valence-electron chi connectivity index (χ0n) is 14.0. The van der Waals surface area contributed by atoms with Gasteiger partial charge < -0.3 is 10.6 Å². The van der Waals surface area contributed by atoms with Crippen LogP contribution >= 0.6 is 0 Å². The quantitative estimate of drug-likeness (QED) is 0.870. The summed E-state index contributed by atoms with van der Waals surface area (Å²) in [6.07, 6.45) is 11.3. The van der Waals surface area contributed by atoms with Crippen LogP contribution in [0.3, 0.4) is 0 Å². The number of nitrogens with zero attached hydrogens (tertiary/aromatic N) is 2. The van der Waals surface area contributed by atoms with Crippen molar-refractivity contribution in [2.75, 3.05) is 32.7 Å². The molecular weight excluding hydrogens is 274 g/mol. The Bertz CT molecular complexity index is 359. The van der Waals surface area contributed by atoms with E-state index in [-0.39, 0.29) is 12.0 Å². The zero-order chi connectivity index (χ0) is 15.4. The molecule has 0 aromatic carbocycles. The van der Waals surface area contributed by atoms with Gasteiger partial charge in [-0.15, -0.1) is 0 Å². The summed E-state index contributed by atoms with van der Waals surface area (Å²) in [5.41, 5.74) is 6.04. The van der Waals surface area contributed by atoms with Crippen LogP contribution < -0.4 is 5.73 Å². The van der Waals surface area contributed by atoms with E-state index in [2.05, 4.69) is 9.80 Å². The van der Waals surface area contributed by atoms with Crippen molar-refractivity contribution in [3.63, 3.8) is 0 Å². The minimum atomic E-state index is 0.202. The van der Waals surface area contributed by atoms with Gasteiger partial charge in [0.15, 0.2) is 0 Å². The predicted molar refractivity (Wildman–Crippen MR) is 89.5 cm³/mol. The highest BCUT2D eigenvalue weighted by Crippen LogP contribution is 2.27. The van der Waals surface area contributed by atoms with Gasteiger partial charge in [0.1, 0.15) is 0 Å². The fraction of sp³-hybridized carbons (Fsp3) is 0.944. The molecule has 2 unspecified atom stereocenters. The molecule has 3 fully saturated rings. The van der Waals surface area contributed by atoms with E-state index in [1.807, 2.05) is 0 Å². The molecule has 2 N–H and O–H groups in total. The molecule has 22 heavy (non-hydrogen) atoms. The Morgan fingerprint density at radius 1 is 0.909 bits per heavy atom. The Balaban J connectivity index is 1.41. The van der Waals surface area contributed by atoms with E-state index in [9.17, 15) is 4.79 Å². The van der Waals surface area contributed by atoms with Gasteiger partial charge in [0.25, 0.3) is 0 Å². The fourth-order valence-corrected chi connectivity index (χ4v) is 4.60. The molecule has 1 heterocycles. The number of hydrogen-bond acceptors (Lipinski definition) is 3. The third kappa shape index (κ3) is 4.23. The Hall–Kier alpha value is -0.610. The number of hydrogen-bond donors (Lipinski definition) is 1. The normalized spacial score (nSPS) is 32.1. The molecule has 4 heteroatoms. The molecule has 0 aromatic rings. The molecular formula is C18H33N3O. The largest absolute Gasteiger partial charge is 0.340 e. The van der Waals surface area contributed by atoms with Gasteiger partial charge in [-0.1, -0.05) is 25.7 Å². The van der Waals surface area contributed by atoms with E-state index in [1.165, 1.54) is 38.6 Å². The Morgan fingerprint density at radius 2 is 1.64 bits per heavy atom. The van der Waals surface area contributed by atoms with Crippen molar-refractivity contribution >= 4 is 5.91 Å². The van der Waals surface area contributed by atoms with E-state index in [4.69, 9.17) is 5.73 Å². The number of nitrogens with two attached hydrogens (primary N) is 1. The predicted octanol–water partition coefficient (Wildman–Crippen LogP) is 2.23. The first kappa shape index (κ1) is 16.3. The second kappa shape index (κ2) is 7.78. The third-order valence-electron chi connectivity index (χ3n) is 5.99. The second-order valence-electron chi connectivity index (χ2n) is 7.75. The first-order valence-corrected chi connectivity index (χ1v) is 9.49. The summed E-state index contributed by atoms with van der Waals surface area (Å²) < 4.78 is 0. The van der Waals surface area contributed by atoms with Crippen LogP contribution in [0.5, 0.6) is 0 Å². The van der Waals surface area contributed by atoms with E-state index in [1.54, 1.807) is 0 Å². The number of rotatable bonds is 3. The highest BCUT2D eigenvalue weighted by Gasteiger charge is 2.31. The summed E-state index contributed by atoms with van der Waals surface area (Å²) >= 11 is 0. The smallest absolute Gasteiger partial charge is 0.225 e. The van der Waals surface area contributed by atoms with Crippen LogP contribution in [0.15, 0.2) is 0 Å². The van der Waals surface area contributed by atoms with E-state index in [0.717, 1.165) is 57.8 Å². The molecule has 2 saturated carbocycles. The summed E-state index contributed by atoms with van der Waals surface area (Å²) in [7, 11) is 0. The van der Waals surface area contributed by atoms with Crippen LogP contribution in [-0.2, 0) is 4.79 Å². The first-order chi connectivity index (χ1) is 10.7. The lowest BCUT2D eigenvalue weighted by Gasteiger charge is -2.39. The van der Waals surface area contributed by atoms with Gasteiger partial charge in [0, 0.05) is 44.7 Å². The molecule has 2 atom stereocenters.